The van der Waals surface area contributed by atoms with Crippen molar-refractivity contribution in [3.05, 3.63) is 36.1 Å². The molecule has 4 atom stereocenters. The van der Waals surface area contributed by atoms with Crippen LogP contribution in [0.5, 0.6) is 0 Å². The molecule has 2 unspecified atom stereocenters. The SMILES string of the molecule is C=C/C=C(\C=C(\OC)C(C)OC)CCO[C@H]1CCCCCC1N1CC[C@@H](O)C1. The monoisotopic (exact) mass is 393 g/mol. The van der Waals surface area contributed by atoms with E-state index in [-0.39, 0.29) is 18.3 Å². The highest BCUT2D eigenvalue weighted by Crippen LogP contribution is 2.28. The van der Waals surface area contributed by atoms with Crippen molar-refractivity contribution in [2.24, 2.45) is 0 Å². The Balaban J connectivity index is 1.96. The van der Waals surface area contributed by atoms with Crippen LogP contribution in [-0.4, -0.2) is 68.3 Å². The Labute approximate surface area is 171 Å². The van der Waals surface area contributed by atoms with Gasteiger partial charge in [0.15, 0.2) is 0 Å². The van der Waals surface area contributed by atoms with Gasteiger partial charge in [0.05, 0.1) is 25.9 Å². The molecule has 1 saturated carbocycles. The molecule has 2 fully saturated rings. The van der Waals surface area contributed by atoms with Gasteiger partial charge in [-0.2, -0.15) is 0 Å². The third-order valence-electron chi connectivity index (χ3n) is 5.95. The normalized spacial score (nSPS) is 28.8. The van der Waals surface area contributed by atoms with E-state index in [2.05, 4.69) is 11.5 Å². The number of likely N-dealkylation sites (tertiary alicyclic amines) is 1. The van der Waals surface area contributed by atoms with Gasteiger partial charge in [0.1, 0.15) is 11.9 Å². The zero-order valence-corrected chi connectivity index (χ0v) is 17.9. The minimum Gasteiger partial charge on any atom is -0.498 e. The number of hydrogen-bond donors (Lipinski definition) is 1. The van der Waals surface area contributed by atoms with Crippen LogP contribution in [0.15, 0.2) is 36.1 Å². The largest absolute Gasteiger partial charge is 0.498 e. The Bertz CT molecular complexity index is 531. The first kappa shape index (κ1) is 23.1. The smallest absolute Gasteiger partial charge is 0.124 e. The van der Waals surface area contributed by atoms with Gasteiger partial charge in [0.2, 0.25) is 0 Å². The lowest BCUT2D eigenvalue weighted by Gasteiger charge is -2.33. The number of rotatable bonds is 10. The van der Waals surface area contributed by atoms with Crippen LogP contribution in [0.1, 0.15) is 51.9 Å². The fourth-order valence-electron chi connectivity index (χ4n) is 4.26. The maximum Gasteiger partial charge on any atom is 0.124 e. The highest BCUT2D eigenvalue weighted by Gasteiger charge is 2.33. The summed E-state index contributed by atoms with van der Waals surface area (Å²) >= 11 is 0. The van der Waals surface area contributed by atoms with E-state index >= 15 is 0 Å². The van der Waals surface area contributed by atoms with E-state index < -0.39 is 0 Å². The number of aliphatic hydroxyl groups excluding tert-OH is 1. The van der Waals surface area contributed by atoms with Crippen molar-refractivity contribution in [3.8, 4) is 0 Å². The fraction of sp³-hybridized carbons (Fsp3) is 0.739. The van der Waals surface area contributed by atoms with Gasteiger partial charge in [-0.05, 0) is 44.3 Å². The van der Waals surface area contributed by atoms with Crippen molar-refractivity contribution in [1.82, 2.24) is 4.90 Å². The lowest BCUT2D eigenvalue weighted by Crippen LogP contribution is -2.43. The maximum atomic E-state index is 9.94. The number of hydrogen-bond acceptors (Lipinski definition) is 5. The molecular formula is C23H39NO4. The average molecular weight is 394 g/mol. The van der Waals surface area contributed by atoms with Gasteiger partial charge in [-0.1, -0.05) is 38.0 Å². The second kappa shape index (κ2) is 12.4. The highest BCUT2D eigenvalue weighted by atomic mass is 16.5. The number of allylic oxidation sites excluding steroid dienone is 3. The summed E-state index contributed by atoms with van der Waals surface area (Å²) in [7, 11) is 3.35. The molecule has 5 nitrogen and oxygen atoms in total. The second-order valence-corrected chi connectivity index (χ2v) is 7.91. The molecule has 28 heavy (non-hydrogen) atoms. The Morgan fingerprint density at radius 2 is 2.00 bits per heavy atom. The first-order valence-electron chi connectivity index (χ1n) is 10.7. The zero-order chi connectivity index (χ0) is 20.4. The van der Waals surface area contributed by atoms with E-state index in [0.717, 1.165) is 43.7 Å². The third kappa shape index (κ3) is 7.03. The van der Waals surface area contributed by atoms with Crippen molar-refractivity contribution in [2.75, 3.05) is 33.9 Å². The van der Waals surface area contributed by atoms with E-state index in [1.165, 1.54) is 25.7 Å². The molecular weight excluding hydrogens is 354 g/mol. The minimum absolute atomic E-state index is 0.0908. The van der Waals surface area contributed by atoms with Crippen LogP contribution in [-0.2, 0) is 14.2 Å². The second-order valence-electron chi connectivity index (χ2n) is 7.91. The summed E-state index contributed by atoms with van der Waals surface area (Å²) in [5, 5.41) is 9.94. The molecule has 1 N–H and O–H groups in total. The van der Waals surface area contributed by atoms with Crippen molar-refractivity contribution in [1.29, 1.82) is 0 Å². The van der Waals surface area contributed by atoms with Gasteiger partial charge in [-0.25, -0.2) is 0 Å². The molecule has 0 spiro atoms. The molecule has 1 heterocycles. The number of β-amino-alcohol motifs (C(OH)–C–C–N with tert-alkyl or cyclic N) is 1. The number of nitrogens with zero attached hydrogens (tertiary/aromatic N) is 1. The molecule has 160 valence electrons. The van der Waals surface area contributed by atoms with E-state index in [1.807, 2.05) is 19.1 Å². The Hall–Kier alpha value is -1.14. The Kier molecular flexibility index (Phi) is 10.3. The summed E-state index contributed by atoms with van der Waals surface area (Å²) in [6.45, 7) is 8.26. The molecule has 0 bridgehead atoms. The summed E-state index contributed by atoms with van der Waals surface area (Å²) in [6, 6.07) is 0.435. The van der Waals surface area contributed by atoms with Crippen molar-refractivity contribution < 1.29 is 19.3 Å². The highest BCUT2D eigenvalue weighted by molar-refractivity contribution is 5.26. The zero-order valence-electron chi connectivity index (χ0n) is 17.9. The molecule has 2 aliphatic rings. The number of methoxy groups -OCH3 is 2. The van der Waals surface area contributed by atoms with Crippen LogP contribution >= 0.6 is 0 Å². The minimum atomic E-state index is -0.175. The van der Waals surface area contributed by atoms with E-state index in [1.54, 1.807) is 20.3 Å². The van der Waals surface area contributed by atoms with Crippen LogP contribution in [0.2, 0.25) is 0 Å². The van der Waals surface area contributed by atoms with Gasteiger partial charge >= 0.3 is 0 Å². The molecule has 5 heteroatoms. The van der Waals surface area contributed by atoms with Crippen LogP contribution in [0, 0.1) is 0 Å². The molecule has 0 radical (unpaired) electrons. The summed E-state index contributed by atoms with van der Waals surface area (Å²) in [5.74, 6) is 0.800. The molecule has 1 saturated heterocycles. The van der Waals surface area contributed by atoms with Crippen LogP contribution in [0.3, 0.4) is 0 Å². The molecule has 1 aliphatic heterocycles. The first-order chi connectivity index (χ1) is 13.6. The molecule has 0 aromatic rings. The van der Waals surface area contributed by atoms with Crippen molar-refractivity contribution in [3.63, 3.8) is 0 Å². The van der Waals surface area contributed by atoms with E-state index in [4.69, 9.17) is 14.2 Å². The van der Waals surface area contributed by atoms with Crippen LogP contribution in [0.4, 0.5) is 0 Å². The third-order valence-corrected chi connectivity index (χ3v) is 5.95. The van der Waals surface area contributed by atoms with Gasteiger partial charge in [0, 0.05) is 26.2 Å². The van der Waals surface area contributed by atoms with E-state index in [9.17, 15) is 5.11 Å². The van der Waals surface area contributed by atoms with Crippen molar-refractivity contribution in [2.45, 2.75) is 76.2 Å². The van der Waals surface area contributed by atoms with Gasteiger partial charge < -0.3 is 19.3 Å². The number of aliphatic hydroxyl groups is 1. The topological polar surface area (TPSA) is 51.2 Å². The van der Waals surface area contributed by atoms with E-state index in [0.29, 0.717) is 12.6 Å². The van der Waals surface area contributed by atoms with Gasteiger partial charge in [-0.3, -0.25) is 4.90 Å². The summed E-state index contributed by atoms with van der Waals surface area (Å²) < 4.78 is 17.3. The first-order valence-corrected chi connectivity index (χ1v) is 10.7. The quantitative estimate of drug-likeness (QED) is 0.347. The molecule has 1 aliphatic carbocycles. The van der Waals surface area contributed by atoms with Crippen LogP contribution < -0.4 is 0 Å². The standard InChI is InChI=1S/C23H39NO4/c1-5-9-19(16-23(27-4)18(2)26-3)13-15-28-22-11-8-6-7-10-21(22)24-14-12-20(25)17-24/h5,9,16,18,20-22,25H,1,6-8,10-15,17H2,2-4H3/b19-9-,23-16+/t18?,20-,21?,22+/m1/s1. The van der Waals surface area contributed by atoms with Crippen molar-refractivity contribution >= 4 is 0 Å². The van der Waals surface area contributed by atoms with Gasteiger partial charge in [0.25, 0.3) is 0 Å². The fourth-order valence-corrected chi connectivity index (χ4v) is 4.26. The summed E-state index contributed by atoms with van der Waals surface area (Å²) in [4.78, 5) is 2.45. The summed E-state index contributed by atoms with van der Waals surface area (Å²) in [5.41, 5.74) is 1.12. The average Bonchev–Trinajstić information content (AvgIpc) is 2.99. The molecule has 0 amide bonds. The predicted octanol–water partition coefficient (Wildman–Crippen LogP) is 3.84. The van der Waals surface area contributed by atoms with Crippen LogP contribution in [0.25, 0.3) is 0 Å². The molecule has 2 rings (SSSR count). The lowest BCUT2D eigenvalue weighted by atomic mass is 10.0. The molecule has 0 aromatic heterocycles. The summed E-state index contributed by atoms with van der Waals surface area (Å²) in [6.07, 6.45) is 13.6. The predicted molar refractivity (Wildman–Crippen MR) is 113 cm³/mol. The lowest BCUT2D eigenvalue weighted by molar-refractivity contribution is -0.0136. The van der Waals surface area contributed by atoms with Gasteiger partial charge in [-0.15, -0.1) is 0 Å². The Morgan fingerprint density at radius 1 is 1.21 bits per heavy atom. The Morgan fingerprint density at radius 3 is 2.64 bits per heavy atom. The maximum absolute atomic E-state index is 9.94. The number of ether oxygens (including phenoxy) is 3. The molecule has 0 aromatic carbocycles.